The first kappa shape index (κ1) is 24.3. The molecule has 0 aromatic rings. The van der Waals surface area contributed by atoms with Crippen LogP contribution in [0.25, 0.3) is 0 Å². The third-order valence-corrected chi connectivity index (χ3v) is 1.91. The Bertz CT molecular complexity index is 321. The zero-order chi connectivity index (χ0) is 17.7. The van der Waals surface area contributed by atoms with Gasteiger partial charge in [-0.25, -0.2) is 0 Å². The number of aliphatic hydroxyl groups is 1. The highest BCUT2D eigenvalue weighted by atomic mass is 16.4. The van der Waals surface area contributed by atoms with Crippen molar-refractivity contribution in [2.75, 3.05) is 6.61 Å². The lowest BCUT2D eigenvalue weighted by Gasteiger charge is -2.07. The number of aliphatic carboxylic acids is 3. The van der Waals surface area contributed by atoms with Gasteiger partial charge in [-0.2, -0.15) is 0 Å². The topological polar surface area (TPSA) is 210 Å². The van der Waals surface area contributed by atoms with Crippen molar-refractivity contribution >= 4 is 17.9 Å². The van der Waals surface area contributed by atoms with Gasteiger partial charge in [-0.05, 0) is 12.8 Å². The fraction of sp³-hybridized carbons (Fsp3) is 0.727. The summed E-state index contributed by atoms with van der Waals surface area (Å²) in [7, 11) is 0. The summed E-state index contributed by atoms with van der Waals surface area (Å²) >= 11 is 0. The highest BCUT2D eigenvalue weighted by molar-refractivity contribution is 5.73. The van der Waals surface area contributed by atoms with Crippen molar-refractivity contribution in [1.82, 2.24) is 0 Å². The van der Waals surface area contributed by atoms with E-state index in [1.54, 1.807) is 13.8 Å². The molecule has 0 saturated carbocycles. The Kier molecular flexibility index (Phi) is 15.3. The van der Waals surface area contributed by atoms with Crippen molar-refractivity contribution in [3.63, 3.8) is 0 Å². The average Bonchev–Trinajstić information content (AvgIpc) is 2.37. The predicted octanol–water partition coefficient (Wildman–Crippen LogP) is -2.14. The molecule has 10 nitrogen and oxygen atoms in total. The molecule has 0 fully saturated rings. The maximum absolute atomic E-state index is 10.0. The first-order valence-corrected chi connectivity index (χ1v) is 5.94. The molecule has 0 radical (unpaired) electrons. The van der Waals surface area contributed by atoms with Crippen LogP contribution in [0.1, 0.15) is 20.8 Å². The van der Waals surface area contributed by atoms with Crippen LogP contribution in [0.15, 0.2) is 0 Å². The molecule has 3 unspecified atom stereocenters. The van der Waals surface area contributed by atoms with Crippen molar-refractivity contribution in [1.29, 1.82) is 0 Å². The molecule has 0 aliphatic heterocycles. The summed E-state index contributed by atoms with van der Waals surface area (Å²) in [6.07, 6.45) is 0. The van der Waals surface area contributed by atoms with E-state index in [0.29, 0.717) is 0 Å². The van der Waals surface area contributed by atoms with E-state index in [-0.39, 0.29) is 5.92 Å². The van der Waals surface area contributed by atoms with Crippen LogP contribution in [-0.4, -0.2) is 63.1 Å². The summed E-state index contributed by atoms with van der Waals surface area (Å²) in [5.41, 5.74) is 14.8. The SMILES string of the molecule is CC(C)C(N)C(=O)O.CC(N)C(=O)O.NC(CO)C(=O)O. The fourth-order valence-corrected chi connectivity index (χ4v) is 0.363. The minimum atomic E-state index is -1.18. The second-order valence-corrected chi connectivity index (χ2v) is 4.36. The van der Waals surface area contributed by atoms with E-state index in [2.05, 4.69) is 0 Å². The van der Waals surface area contributed by atoms with Gasteiger partial charge < -0.3 is 37.6 Å². The van der Waals surface area contributed by atoms with Gasteiger partial charge in [0.05, 0.1) is 6.61 Å². The normalized spacial score (nSPS) is 13.7. The molecule has 0 amide bonds. The third-order valence-electron chi connectivity index (χ3n) is 1.91. The summed E-state index contributed by atoms with van der Waals surface area (Å²) in [6.45, 7) is 4.47. The van der Waals surface area contributed by atoms with Crippen LogP contribution in [0.4, 0.5) is 0 Å². The minimum Gasteiger partial charge on any atom is -0.480 e. The number of rotatable bonds is 5. The van der Waals surface area contributed by atoms with Crippen molar-refractivity contribution in [3.8, 4) is 0 Å². The van der Waals surface area contributed by atoms with Crippen molar-refractivity contribution in [3.05, 3.63) is 0 Å². The first-order chi connectivity index (χ1) is 9.38. The number of hydrogen-bond donors (Lipinski definition) is 7. The molecule has 0 rings (SSSR count). The maximum atomic E-state index is 10.0. The quantitative estimate of drug-likeness (QED) is 0.293. The van der Waals surface area contributed by atoms with Gasteiger partial charge in [0.1, 0.15) is 18.1 Å². The molecule has 0 aliphatic rings. The van der Waals surface area contributed by atoms with E-state index in [1.807, 2.05) is 0 Å². The Hall–Kier alpha value is -1.75. The van der Waals surface area contributed by atoms with Gasteiger partial charge in [0, 0.05) is 0 Å². The van der Waals surface area contributed by atoms with Crippen LogP contribution in [0, 0.1) is 5.92 Å². The summed E-state index contributed by atoms with van der Waals surface area (Å²) in [6, 6.07) is -2.57. The van der Waals surface area contributed by atoms with Gasteiger partial charge in [-0.3, -0.25) is 14.4 Å². The van der Waals surface area contributed by atoms with Crippen LogP contribution in [0.2, 0.25) is 0 Å². The van der Waals surface area contributed by atoms with Crippen LogP contribution in [0.5, 0.6) is 0 Å². The molecular formula is C11H25N3O7. The zero-order valence-electron chi connectivity index (χ0n) is 12.3. The highest BCUT2D eigenvalue weighted by Gasteiger charge is 2.14. The number of hydrogen-bond acceptors (Lipinski definition) is 7. The van der Waals surface area contributed by atoms with Crippen molar-refractivity contribution in [2.45, 2.75) is 38.9 Å². The second kappa shape index (κ2) is 13.2. The molecular weight excluding hydrogens is 286 g/mol. The lowest BCUT2D eigenvalue weighted by atomic mass is 10.1. The molecule has 0 spiro atoms. The number of aliphatic hydroxyl groups excluding tert-OH is 1. The Morgan fingerprint density at radius 2 is 1.19 bits per heavy atom. The van der Waals surface area contributed by atoms with Gasteiger partial charge in [0.25, 0.3) is 0 Å². The smallest absolute Gasteiger partial charge is 0.322 e. The molecule has 0 heterocycles. The summed E-state index contributed by atoms with van der Waals surface area (Å²) < 4.78 is 0. The van der Waals surface area contributed by atoms with Crippen molar-refractivity contribution in [2.24, 2.45) is 23.1 Å². The van der Waals surface area contributed by atoms with Gasteiger partial charge in [0.2, 0.25) is 0 Å². The van der Waals surface area contributed by atoms with Gasteiger partial charge in [-0.1, -0.05) is 13.8 Å². The van der Waals surface area contributed by atoms with E-state index in [4.69, 9.17) is 37.6 Å². The molecule has 0 aromatic carbocycles. The zero-order valence-corrected chi connectivity index (χ0v) is 12.3. The predicted molar refractivity (Wildman–Crippen MR) is 74.4 cm³/mol. The molecule has 0 aliphatic carbocycles. The first-order valence-electron chi connectivity index (χ1n) is 5.94. The Balaban J connectivity index is -0.000000234. The van der Waals surface area contributed by atoms with Crippen LogP contribution in [0.3, 0.4) is 0 Å². The van der Waals surface area contributed by atoms with Crippen LogP contribution in [-0.2, 0) is 14.4 Å². The summed E-state index contributed by atoms with van der Waals surface area (Å²) in [5.74, 6) is -3.05. The van der Waals surface area contributed by atoms with E-state index in [0.717, 1.165) is 0 Å². The molecule has 126 valence electrons. The lowest BCUT2D eigenvalue weighted by molar-refractivity contribution is -0.140. The number of carboxylic acids is 3. The minimum absolute atomic E-state index is 0.0208. The monoisotopic (exact) mass is 311 g/mol. The average molecular weight is 311 g/mol. The fourth-order valence-electron chi connectivity index (χ4n) is 0.363. The third kappa shape index (κ3) is 18.2. The molecule has 3 atom stereocenters. The molecule has 0 bridgehead atoms. The second-order valence-electron chi connectivity index (χ2n) is 4.36. The van der Waals surface area contributed by atoms with Gasteiger partial charge >= 0.3 is 17.9 Å². The highest BCUT2D eigenvalue weighted by Crippen LogP contribution is 1.96. The lowest BCUT2D eigenvalue weighted by Crippen LogP contribution is -2.34. The molecule has 0 saturated heterocycles. The van der Waals surface area contributed by atoms with Gasteiger partial charge in [-0.15, -0.1) is 0 Å². The summed E-state index contributed by atoms with van der Waals surface area (Å²) in [5, 5.41) is 32.0. The number of carboxylic acid groups (broad SMARTS) is 3. The van der Waals surface area contributed by atoms with Crippen LogP contribution < -0.4 is 17.2 Å². The molecule has 0 aromatic heterocycles. The van der Waals surface area contributed by atoms with E-state index in [1.165, 1.54) is 6.92 Å². The van der Waals surface area contributed by atoms with Crippen molar-refractivity contribution < 1.29 is 34.8 Å². The molecule has 10 N–H and O–H groups in total. The van der Waals surface area contributed by atoms with E-state index >= 15 is 0 Å². The van der Waals surface area contributed by atoms with E-state index in [9.17, 15) is 14.4 Å². The largest absolute Gasteiger partial charge is 0.480 e. The van der Waals surface area contributed by atoms with Crippen LogP contribution >= 0.6 is 0 Å². The Morgan fingerprint density at radius 1 is 0.857 bits per heavy atom. The summed E-state index contributed by atoms with van der Waals surface area (Å²) in [4.78, 5) is 29.2. The Labute approximate surface area is 122 Å². The number of nitrogens with two attached hydrogens (primary N) is 3. The molecule has 21 heavy (non-hydrogen) atoms. The van der Waals surface area contributed by atoms with E-state index < -0.39 is 42.6 Å². The molecule has 10 heteroatoms. The number of carbonyl (C=O) groups is 3. The maximum Gasteiger partial charge on any atom is 0.322 e. The van der Waals surface area contributed by atoms with Gasteiger partial charge in [0.15, 0.2) is 0 Å². The Morgan fingerprint density at radius 3 is 1.19 bits per heavy atom. The standard InChI is InChI=1S/C5H11NO2.C3H7NO3.C3H7NO2/c1-3(2)4(6)5(7)8;4-2(1-5)3(6)7;1-2(4)3(5)6/h3-4H,6H2,1-2H3,(H,7,8);2,5H,1,4H2,(H,6,7);2H,4H2,1H3,(H,5,6).